The molecule has 5 heteroatoms. The minimum Gasteiger partial charge on any atom is -0.462 e. The molecule has 0 saturated heterocycles. The molecule has 1 aromatic heterocycles. The Bertz CT molecular complexity index is 715. The molecule has 1 heterocycles. The first kappa shape index (κ1) is 19.3. The summed E-state index contributed by atoms with van der Waals surface area (Å²) >= 11 is 3.23. The zero-order valence-corrected chi connectivity index (χ0v) is 15.8. The number of thioether (sulfide) groups is 2. The molecule has 0 N–H and O–H groups in total. The fourth-order valence-electron chi connectivity index (χ4n) is 2.08. The quantitative estimate of drug-likeness (QED) is 0.346. The van der Waals surface area contributed by atoms with Gasteiger partial charge in [-0.05, 0) is 18.6 Å². The average Bonchev–Trinajstić information content (AvgIpc) is 2.65. The van der Waals surface area contributed by atoms with Gasteiger partial charge in [0.15, 0.2) is 0 Å². The normalized spacial score (nSPS) is 11.6. The Morgan fingerprint density at radius 1 is 1.20 bits per heavy atom. The van der Waals surface area contributed by atoms with E-state index in [2.05, 4.69) is 23.7 Å². The summed E-state index contributed by atoms with van der Waals surface area (Å²) in [6, 6.07) is 13.9. The highest BCUT2D eigenvalue weighted by Gasteiger charge is 2.20. The molecule has 0 saturated carbocycles. The second kappa shape index (κ2) is 10.8. The number of hydrogen-bond acceptors (Lipinski definition) is 5. The lowest BCUT2D eigenvalue weighted by molar-refractivity contribution is -0.136. The Balaban J connectivity index is 2.37. The topological polar surface area (TPSA) is 39.2 Å². The molecular weight excluding hydrogens is 350 g/mol. The van der Waals surface area contributed by atoms with Crippen molar-refractivity contribution in [1.29, 1.82) is 0 Å². The summed E-state index contributed by atoms with van der Waals surface area (Å²) in [4.78, 5) is 16.7. The van der Waals surface area contributed by atoms with Gasteiger partial charge in [-0.2, -0.15) is 0 Å². The number of nitrogens with zero attached hydrogens (tertiary/aromatic N) is 1. The van der Waals surface area contributed by atoms with Gasteiger partial charge in [-0.25, -0.2) is 4.79 Å². The number of aromatic nitrogens is 1. The van der Waals surface area contributed by atoms with Crippen LogP contribution in [0.1, 0.15) is 18.1 Å². The molecule has 0 atom stereocenters. The highest BCUT2D eigenvalue weighted by Crippen LogP contribution is 2.38. The molecule has 0 unspecified atom stereocenters. The van der Waals surface area contributed by atoms with Crippen LogP contribution in [0.4, 0.5) is 0 Å². The van der Waals surface area contributed by atoms with Gasteiger partial charge in [0.05, 0.1) is 16.4 Å². The van der Waals surface area contributed by atoms with Crippen LogP contribution in [0.3, 0.4) is 0 Å². The minimum absolute atomic E-state index is 0.317. The second-order valence-electron chi connectivity index (χ2n) is 5.00. The zero-order valence-electron chi connectivity index (χ0n) is 14.2. The van der Waals surface area contributed by atoms with Crippen molar-refractivity contribution in [3.63, 3.8) is 0 Å². The van der Waals surface area contributed by atoms with Crippen LogP contribution in [0, 0.1) is 0 Å². The lowest BCUT2D eigenvalue weighted by atomic mass is 10.1. The number of benzene rings is 1. The molecule has 0 spiro atoms. The van der Waals surface area contributed by atoms with Gasteiger partial charge in [-0.3, -0.25) is 4.98 Å². The number of rotatable bonds is 9. The van der Waals surface area contributed by atoms with Crippen molar-refractivity contribution in [2.24, 2.45) is 0 Å². The monoisotopic (exact) mass is 371 g/mol. The number of ether oxygens (including phenoxy) is 1. The predicted molar refractivity (Wildman–Crippen MR) is 108 cm³/mol. The number of esters is 1. The van der Waals surface area contributed by atoms with E-state index in [1.807, 2.05) is 43.3 Å². The van der Waals surface area contributed by atoms with Crippen LogP contribution in [-0.2, 0) is 15.3 Å². The van der Waals surface area contributed by atoms with Gasteiger partial charge < -0.3 is 4.74 Å². The van der Waals surface area contributed by atoms with Gasteiger partial charge in [-0.15, -0.1) is 30.1 Å². The maximum absolute atomic E-state index is 12.6. The Morgan fingerprint density at radius 3 is 2.64 bits per heavy atom. The molecule has 1 aromatic carbocycles. The summed E-state index contributed by atoms with van der Waals surface area (Å²) in [6.07, 6.45) is 5.23. The van der Waals surface area contributed by atoms with Crippen molar-refractivity contribution in [1.82, 2.24) is 4.98 Å². The van der Waals surface area contributed by atoms with Crippen molar-refractivity contribution < 1.29 is 9.53 Å². The molecule has 0 amide bonds. The molecule has 130 valence electrons. The molecule has 25 heavy (non-hydrogen) atoms. The molecule has 2 aromatic rings. The number of pyridine rings is 1. The summed E-state index contributed by atoms with van der Waals surface area (Å²) in [6.45, 7) is 5.93. The maximum atomic E-state index is 12.6. The van der Waals surface area contributed by atoms with Crippen LogP contribution in [-0.4, -0.2) is 23.3 Å². The van der Waals surface area contributed by atoms with Crippen molar-refractivity contribution >= 4 is 35.1 Å². The molecule has 0 radical (unpaired) electrons. The lowest BCUT2D eigenvalue weighted by Crippen LogP contribution is -2.08. The highest BCUT2D eigenvalue weighted by molar-refractivity contribution is 8.22. The van der Waals surface area contributed by atoms with E-state index in [0.717, 1.165) is 21.3 Å². The molecule has 0 aliphatic heterocycles. The Hall–Kier alpha value is -1.98. The molecule has 0 aliphatic rings. The van der Waals surface area contributed by atoms with E-state index in [4.69, 9.17) is 4.74 Å². The fourth-order valence-corrected chi connectivity index (χ4v) is 4.24. The first-order valence-electron chi connectivity index (χ1n) is 7.98. The third-order valence-electron chi connectivity index (χ3n) is 3.18. The van der Waals surface area contributed by atoms with Gasteiger partial charge in [-0.1, -0.05) is 42.5 Å². The summed E-state index contributed by atoms with van der Waals surface area (Å²) in [5, 5.41) is 0. The fraction of sp³-hybridized carbons (Fsp3) is 0.200. The molecular formula is C20H21NO2S2. The third-order valence-corrected chi connectivity index (χ3v) is 5.70. The average molecular weight is 372 g/mol. The second-order valence-corrected chi connectivity index (χ2v) is 7.27. The standard InChI is InChI=1S/C20H21NO2S2/c1-3-13-24-20(25-15-16-9-6-5-7-10-16)18(19(22)23-4-2)17-11-8-12-21-14-17/h3,5-12,14H,1,4,13,15H2,2H3/b20-18-. The molecule has 3 nitrogen and oxygen atoms in total. The van der Waals surface area contributed by atoms with E-state index in [-0.39, 0.29) is 5.97 Å². The maximum Gasteiger partial charge on any atom is 0.340 e. The third kappa shape index (κ3) is 6.11. The summed E-state index contributed by atoms with van der Waals surface area (Å²) in [5.74, 6) is 1.19. The summed E-state index contributed by atoms with van der Waals surface area (Å²) in [7, 11) is 0. The molecule has 2 rings (SSSR count). The SMILES string of the molecule is C=CCS/C(SCc1ccccc1)=C(/C(=O)OCC)c1cccnc1. The van der Waals surface area contributed by atoms with E-state index in [0.29, 0.717) is 12.2 Å². The summed E-state index contributed by atoms with van der Waals surface area (Å²) in [5.41, 5.74) is 2.55. The highest BCUT2D eigenvalue weighted by atomic mass is 32.2. The van der Waals surface area contributed by atoms with Gasteiger partial charge in [0.1, 0.15) is 0 Å². The first-order valence-corrected chi connectivity index (χ1v) is 9.95. The van der Waals surface area contributed by atoms with Gasteiger partial charge in [0.2, 0.25) is 0 Å². The van der Waals surface area contributed by atoms with Gasteiger partial charge >= 0.3 is 5.97 Å². The number of hydrogen-bond donors (Lipinski definition) is 0. The molecule has 0 fully saturated rings. The lowest BCUT2D eigenvalue weighted by Gasteiger charge is -2.14. The van der Waals surface area contributed by atoms with Gasteiger partial charge in [0.25, 0.3) is 0 Å². The van der Waals surface area contributed by atoms with E-state index in [1.54, 1.807) is 35.9 Å². The smallest absolute Gasteiger partial charge is 0.340 e. The Kier molecular flexibility index (Phi) is 8.35. The predicted octanol–water partition coefficient (Wildman–Crippen LogP) is 5.17. The Labute approximate surface area is 157 Å². The van der Waals surface area contributed by atoms with Crippen LogP contribution in [0.15, 0.2) is 71.8 Å². The number of carbonyl (C=O) groups excluding carboxylic acids is 1. The van der Waals surface area contributed by atoms with E-state index >= 15 is 0 Å². The van der Waals surface area contributed by atoms with Crippen molar-refractivity contribution in [2.45, 2.75) is 12.7 Å². The van der Waals surface area contributed by atoms with E-state index in [1.165, 1.54) is 5.56 Å². The van der Waals surface area contributed by atoms with Crippen molar-refractivity contribution in [2.75, 3.05) is 12.4 Å². The zero-order chi connectivity index (χ0) is 17.9. The summed E-state index contributed by atoms with van der Waals surface area (Å²) < 4.78 is 6.22. The minimum atomic E-state index is -0.317. The number of carbonyl (C=O) groups is 1. The van der Waals surface area contributed by atoms with Crippen molar-refractivity contribution in [3.8, 4) is 0 Å². The van der Waals surface area contributed by atoms with Crippen LogP contribution in [0.5, 0.6) is 0 Å². The van der Waals surface area contributed by atoms with Crippen LogP contribution < -0.4 is 0 Å². The van der Waals surface area contributed by atoms with Crippen LogP contribution in [0.25, 0.3) is 5.57 Å². The van der Waals surface area contributed by atoms with Crippen LogP contribution in [0.2, 0.25) is 0 Å². The van der Waals surface area contributed by atoms with Crippen molar-refractivity contribution in [3.05, 3.63) is 82.9 Å². The van der Waals surface area contributed by atoms with Gasteiger partial charge in [0, 0.05) is 29.5 Å². The van der Waals surface area contributed by atoms with Crippen LogP contribution >= 0.6 is 23.5 Å². The largest absolute Gasteiger partial charge is 0.462 e. The Morgan fingerprint density at radius 2 is 2.00 bits per heavy atom. The molecule has 0 bridgehead atoms. The van der Waals surface area contributed by atoms with E-state index < -0.39 is 0 Å². The van der Waals surface area contributed by atoms with E-state index in [9.17, 15) is 4.79 Å². The molecule has 0 aliphatic carbocycles. The first-order chi connectivity index (χ1) is 12.3.